The minimum absolute atomic E-state index is 0.255. The van der Waals surface area contributed by atoms with E-state index in [0.717, 1.165) is 21.4 Å². The second-order valence-electron chi connectivity index (χ2n) is 5.03. The third-order valence-corrected chi connectivity index (χ3v) is 5.54. The van der Waals surface area contributed by atoms with Gasteiger partial charge in [0.15, 0.2) is 0 Å². The number of aryl methyl sites for hydroxylation is 1. The van der Waals surface area contributed by atoms with Crippen LogP contribution in [0.1, 0.15) is 15.2 Å². The van der Waals surface area contributed by atoms with Crippen molar-refractivity contribution in [2.24, 2.45) is 0 Å². The molecular formula is C17H13Cl2NO2S. The predicted octanol–water partition coefficient (Wildman–Crippen LogP) is 5.78. The van der Waals surface area contributed by atoms with Crippen molar-refractivity contribution in [3.05, 3.63) is 56.9 Å². The van der Waals surface area contributed by atoms with Gasteiger partial charge in [0.25, 0.3) is 5.91 Å². The Morgan fingerprint density at radius 2 is 1.96 bits per heavy atom. The summed E-state index contributed by atoms with van der Waals surface area (Å²) in [5.41, 5.74) is 1.59. The molecule has 3 rings (SSSR count). The molecule has 1 heterocycles. The van der Waals surface area contributed by atoms with E-state index in [2.05, 4.69) is 5.32 Å². The van der Waals surface area contributed by atoms with Crippen LogP contribution in [0.2, 0.25) is 10.0 Å². The zero-order valence-corrected chi connectivity index (χ0v) is 14.8. The Kier molecular flexibility index (Phi) is 4.48. The summed E-state index contributed by atoms with van der Waals surface area (Å²) in [5.74, 6) is 0.475. The van der Waals surface area contributed by atoms with Crippen molar-refractivity contribution in [3.8, 4) is 5.75 Å². The number of carbonyl (C=O) groups is 1. The molecule has 6 heteroatoms. The Bertz CT molecular complexity index is 905. The van der Waals surface area contributed by atoms with Gasteiger partial charge in [-0.2, -0.15) is 0 Å². The molecular weight excluding hydrogens is 353 g/mol. The van der Waals surface area contributed by atoms with Crippen molar-refractivity contribution in [2.45, 2.75) is 6.92 Å². The van der Waals surface area contributed by atoms with E-state index in [-0.39, 0.29) is 5.91 Å². The van der Waals surface area contributed by atoms with Crippen LogP contribution in [0.25, 0.3) is 10.1 Å². The third-order valence-electron chi connectivity index (χ3n) is 3.47. The first-order chi connectivity index (χ1) is 11.0. The normalized spacial score (nSPS) is 10.8. The SMILES string of the molecule is COc1ccc2c(Cl)c(C(=O)Nc3ccc(C)c(Cl)c3)sc2c1. The Hall–Kier alpha value is -1.75. The molecule has 0 saturated heterocycles. The van der Waals surface area contributed by atoms with E-state index in [1.807, 2.05) is 37.3 Å². The lowest BCUT2D eigenvalue weighted by molar-refractivity contribution is 0.103. The second-order valence-corrected chi connectivity index (χ2v) is 6.86. The first-order valence-electron chi connectivity index (χ1n) is 6.83. The van der Waals surface area contributed by atoms with Crippen LogP contribution in [-0.2, 0) is 0 Å². The molecule has 0 aliphatic heterocycles. The van der Waals surface area contributed by atoms with Crippen molar-refractivity contribution in [1.29, 1.82) is 0 Å². The van der Waals surface area contributed by atoms with Gasteiger partial charge in [-0.1, -0.05) is 29.3 Å². The average Bonchev–Trinajstić information content (AvgIpc) is 2.87. The summed E-state index contributed by atoms with van der Waals surface area (Å²) in [5, 5.41) is 4.72. The molecule has 118 valence electrons. The van der Waals surface area contributed by atoms with Gasteiger partial charge in [0, 0.05) is 20.8 Å². The van der Waals surface area contributed by atoms with E-state index in [0.29, 0.717) is 20.6 Å². The quantitative estimate of drug-likeness (QED) is 0.638. The van der Waals surface area contributed by atoms with Crippen molar-refractivity contribution >= 4 is 56.2 Å². The van der Waals surface area contributed by atoms with Crippen LogP contribution in [0.3, 0.4) is 0 Å². The van der Waals surface area contributed by atoms with E-state index in [1.54, 1.807) is 13.2 Å². The number of amides is 1. The fraction of sp³-hybridized carbons (Fsp3) is 0.118. The van der Waals surface area contributed by atoms with E-state index in [4.69, 9.17) is 27.9 Å². The van der Waals surface area contributed by atoms with Gasteiger partial charge in [-0.15, -0.1) is 11.3 Å². The standard InChI is InChI=1S/C17H13Cl2NO2S/c1-9-3-4-10(7-13(9)18)20-17(21)16-15(19)12-6-5-11(22-2)8-14(12)23-16/h3-8H,1-2H3,(H,20,21). The number of hydrogen-bond acceptors (Lipinski definition) is 3. The van der Waals surface area contributed by atoms with Crippen molar-refractivity contribution < 1.29 is 9.53 Å². The van der Waals surface area contributed by atoms with Crippen LogP contribution >= 0.6 is 34.5 Å². The Labute approximate surface area is 147 Å². The monoisotopic (exact) mass is 365 g/mol. The smallest absolute Gasteiger partial charge is 0.267 e. The first-order valence-corrected chi connectivity index (χ1v) is 8.40. The maximum Gasteiger partial charge on any atom is 0.267 e. The lowest BCUT2D eigenvalue weighted by Crippen LogP contribution is -2.10. The van der Waals surface area contributed by atoms with Gasteiger partial charge < -0.3 is 10.1 Å². The minimum atomic E-state index is -0.255. The minimum Gasteiger partial charge on any atom is -0.497 e. The maximum absolute atomic E-state index is 12.5. The average molecular weight is 366 g/mol. The number of methoxy groups -OCH3 is 1. The van der Waals surface area contributed by atoms with Crippen molar-refractivity contribution in [1.82, 2.24) is 0 Å². The zero-order chi connectivity index (χ0) is 16.6. The Morgan fingerprint density at radius 1 is 1.17 bits per heavy atom. The highest BCUT2D eigenvalue weighted by molar-refractivity contribution is 7.21. The fourth-order valence-electron chi connectivity index (χ4n) is 2.18. The van der Waals surface area contributed by atoms with Gasteiger partial charge in [0.2, 0.25) is 0 Å². The topological polar surface area (TPSA) is 38.3 Å². The molecule has 0 saturated carbocycles. The Balaban J connectivity index is 1.94. The largest absolute Gasteiger partial charge is 0.497 e. The molecule has 1 N–H and O–H groups in total. The second kappa shape index (κ2) is 6.40. The zero-order valence-electron chi connectivity index (χ0n) is 12.4. The van der Waals surface area contributed by atoms with Crippen LogP contribution < -0.4 is 10.1 Å². The molecule has 23 heavy (non-hydrogen) atoms. The highest BCUT2D eigenvalue weighted by Crippen LogP contribution is 2.37. The molecule has 3 aromatic rings. The molecule has 0 fully saturated rings. The lowest BCUT2D eigenvalue weighted by atomic mass is 10.2. The molecule has 3 nitrogen and oxygen atoms in total. The maximum atomic E-state index is 12.5. The van der Waals surface area contributed by atoms with Gasteiger partial charge >= 0.3 is 0 Å². The number of benzene rings is 2. The third kappa shape index (κ3) is 3.15. The summed E-state index contributed by atoms with van der Waals surface area (Å²) >= 11 is 13.8. The van der Waals surface area contributed by atoms with Crippen LogP contribution in [0.15, 0.2) is 36.4 Å². The molecule has 1 aromatic heterocycles. The molecule has 0 bridgehead atoms. The number of hydrogen-bond donors (Lipinski definition) is 1. The highest BCUT2D eigenvalue weighted by Gasteiger charge is 2.18. The van der Waals surface area contributed by atoms with Gasteiger partial charge in [0.1, 0.15) is 10.6 Å². The number of carbonyl (C=O) groups excluding carboxylic acids is 1. The molecule has 0 aliphatic carbocycles. The van der Waals surface area contributed by atoms with Crippen molar-refractivity contribution in [3.63, 3.8) is 0 Å². The molecule has 2 aromatic carbocycles. The van der Waals surface area contributed by atoms with Gasteiger partial charge in [0.05, 0.1) is 12.1 Å². The summed E-state index contributed by atoms with van der Waals surface area (Å²) in [6, 6.07) is 10.9. The molecule has 0 atom stereocenters. The van der Waals surface area contributed by atoms with Crippen molar-refractivity contribution in [2.75, 3.05) is 12.4 Å². The molecule has 0 radical (unpaired) electrons. The van der Waals surface area contributed by atoms with Crippen LogP contribution in [0.4, 0.5) is 5.69 Å². The summed E-state index contributed by atoms with van der Waals surface area (Å²) in [7, 11) is 1.60. The number of fused-ring (bicyclic) bond motifs is 1. The fourth-order valence-corrected chi connectivity index (χ4v) is 3.80. The van der Waals surface area contributed by atoms with Gasteiger partial charge in [-0.25, -0.2) is 0 Å². The van der Waals surface area contributed by atoms with Gasteiger partial charge in [-0.05, 0) is 42.8 Å². The summed E-state index contributed by atoms with van der Waals surface area (Å²) in [4.78, 5) is 13.0. The predicted molar refractivity (Wildman–Crippen MR) is 97.5 cm³/mol. The number of anilines is 1. The van der Waals surface area contributed by atoms with Crippen LogP contribution in [0.5, 0.6) is 5.75 Å². The molecule has 0 aliphatic rings. The van der Waals surface area contributed by atoms with E-state index in [9.17, 15) is 4.79 Å². The summed E-state index contributed by atoms with van der Waals surface area (Å²) < 4.78 is 6.10. The Morgan fingerprint density at radius 3 is 2.65 bits per heavy atom. The molecule has 0 unspecified atom stereocenters. The summed E-state index contributed by atoms with van der Waals surface area (Å²) in [6.07, 6.45) is 0. The van der Waals surface area contributed by atoms with Crippen LogP contribution in [0, 0.1) is 6.92 Å². The van der Waals surface area contributed by atoms with Gasteiger partial charge in [-0.3, -0.25) is 4.79 Å². The summed E-state index contributed by atoms with van der Waals surface area (Å²) in [6.45, 7) is 1.91. The number of rotatable bonds is 3. The van der Waals surface area contributed by atoms with Crippen LogP contribution in [-0.4, -0.2) is 13.0 Å². The number of halogens is 2. The lowest BCUT2D eigenvalue weighted by Gasteiger charge is -2.06. The first kappa shape index (κ1) is 16.1. The van der Waals surface area contributed by atoms with E-state index < -0.39 is 0 Å². The van der Waals surface area contributed by atoms with E-state index in [1.165, 1.54) is 11.3 Å². The highest BCUT2D eigenvalue weighted by atomic mass is 35.5. The number of nitrogens with one attached hydrogen (secondary N) is 1. The number of thiophene rings is 1. The van der Waals surface area contributed by atoms with E-state index >= 15 is 0 Å². The molecule has 0 spiro atoms. The number of ether oxygens (including phenoxy) is 1. The molecule has 1 amide bonds.